The SMILES string of the molecule is C1=Cc2oc3ccc(-c4ccc(N(c5ccccc5)c5ccc(-c6cc7ccccc7c7ccccc67)cc5)cc4)cc3c2CN1. The van der Waals surface area contributed by atoms with Crippen LogP contribution in [0.5, 0.6) is 0 Å². The largest absolute Gasteiger partial charge is 0.456 e. The van der Waals surface area contributed by atoms with Gasteiger partial charge in [-0.15, -0.1) is 0 Å². The van der Waals surface area contributed by atoms with E-state index in [1.807, 2.05) is 12.3 Å². The molecule has 8 aromatic rings. The number of rotatable bonds is 5. The van der Waals surface area contributed by atoms with Crippen molar-refractivity contribution in [3.63, 3.8) is 0 Å². The van der Waals surface area contributed by atoms with Gasteiger partial charge in [-0.05, 0) is 104 Å². The van der Waals surface area contributed by atoms with Crippen LogP contribution in [0.25, 0.3) is 60.8 Å². The van der Waals surface area contributed by atoms with E-state index in [-0.39, 0.29) is 0 Å². The number of benzene rings is 7. The Morgan fingerprint density at radius 3 is 1.91 bits per heavy atom. The third kappa shape index (κ3) is 4.44. The molecule has 0 atom stereocenters. The van der Waals surface area contributed by atoms with Crippen molar-refractivity contribution in [2.75, 3.05) is 4.90 Å². The number of hydrogen-bond acceptors (Lipinski definition) is 3. The van der Waals surface area contributed by atoms with Crippen LogP contribution in [-0.4, -0.2) is 0 Å². The van der Waals surface area contributed by atoms with E-state index in [9.17, 15) is 0 Å². The van der Waals surface area contributed by atoms with Gasteiger partial charge in [0.1, 0.15) is 11.3 Å². The second-order valence-electron chi connectivity index (χ2n) is 11.8. The van der Waals surface area contributed by atoms with E-state index in [1.54, 1.807) is 0 Å². The number of fused-ring (bicyclic) bond motifs is 6. The lowest BCUT2D eigenvalue weighted by Crippen LogP contribution is -2.09. The van der Waals surface area contributed by atoms with Crippen molar-refractivity contribution >= 4 is 55.7 Å². The standard InChI is InChI=1S/C43H30N2O/c1-2-9-33(10-3-1)45(34-19-14-29(15-20-34)31-18-23-42-40(26-31)41-28-44-25-24-43(41)46-42)35-21-16-30(17-22-35)39-27-32-8-4-5-11-36(32)37-12-6-7-13-38(37)39/h1-27,44H,28H2. The van der Waals surface area contributed by atoms with Gasteiger partial charge in [-0.1, -0.05) is 97.1 Å². The van der Waals surface area contributed by atoms with Crippen LogP contribution in [0.4, 0.5) is 17.1 Å². The van der Waals surface area contributed by atoms with E-state index in [2.05, 4.69) is 162 Å². The van der Waals surface area contributed by atoms with Crippen LogP contribution in [0.3, 0.4) is 0 Å². The highest BCUT2D eigenvalue weighted by molar-refractivity contribution is 6.13. The minimum Gasteiger partial charge on any atom is -0.456 e. The lowest BCUT2D eigenvalue weighted by molar-refractivity contribution is 0.592. The molecule has 0 aliphatic carbocycles. The van der Waals surface area contributed by atoms with E-state index >= 15 is 0 Å². The smallest absolute Gasteiger partial charge is 0.135 e. The summed E-state index contributed by atoms with van der Waals surface area (Å²) < 4.78 is 6.07. The molecule has 0 saturated carbocycles. The van der Waals surface area contributed by atoms with E-state index in [0.29, 0.717) is 0 Å². The summed E-state index contributed by atoms with van der Waals surface area (Å²) >= 11 is 0. The van der Waals surface area contributed by atoms with E-state index < -0.39 is 0 Å². The normalized spacial score (nSPS) is 12.3. The predicted molar refractivity (Wildman–Crippen MR) is 193 cm³/mol. The third-order valence-electron chi connectivity index (χ3n) is 9.13. The van der Waals surface area contributed by atoms with Crippen molar-refractivity contribution in [1.29, 1.82) is 0 Å². The zero-order valence-corrected chi connectivity index (χ0v) is 25.2. The molecule has 2 heterocycles. The van der Waals surface area contributed by atoms with Crippen molar-refractivity contribution in [2.24, 2.45) is 0 Å². The molecule has 3 heteroatoms. The van der Waals surface area contributed by atoms with E-state index in [1.165, 1.54) is 54.7 Å². The molecule has 1 aliphatic heterocycles. The van der Waals surface area contributed by atoms with Crippen LogP contribution in [0, 0.1) is 0 Å². The Labute approximate surface area is 267 Å². The molecule has 0 radical (unpaired) electrons. The topological polar surface area (TPSA) is 28.4 Å². The molecule has 9 rings (SSSR count). The fourth-order valence-corrected chi connectivity index (χ4v) is 6.87. The van der Waals surface area contributed by atoms with Crippen molar-refractivity contribution < 1.29 is 4.42 Å². The lowest BCUT2D eigenvalue weighted by atomic mass is 9.93. The first-order valence-electron chi connectivity index (χ1n) is 15.7. The second-order valence-corrected chi connectivity index (χ2v) is 11.8. The summed E-state index contributed by atoms with van der Waals surface area (Å²) in [7, 11) is 0. The maximum absolute atomic E-state index is 6.07. The average molecular weight is 591 g/mol. The Balaban J connectivity index is 1.09. The van der Waals surface area contributed by atoms with Crippen molar-refractivity contribution in [3.8, 4) is 22.3 Å². The molecule has 0 bridgehead atoms. The van der Waals surface area contributed by atoms with Gasteiger partial charge < -0.3 is 14.6 Å². The molecule has 1 aliphatic rings. The Morgan fingerprint density at radius 2 is 1.13 bits per heavy atom. The summed E-state index contributed by atoms with van der Waals surface area (Å²) in [6.07, 6.45) is 3.95. The highest BCUT2D eigenvalue weighted by Crippen LogP contribution is 2.39. The Bertz CT molecular complexity index is 2400. The highest BCUT2D eigenvalue weighted by Gasteiger charge is 2.17. The van der Waals surface area contributed by atoms with Crippen molar-refractivity contribution in [3.05, 3.63) is 169 Å². The summed E-state index contributed by atoms with van der Waals surface area (Å²) in [6.45, 7) is 0.781. The number of nitrogens with zero attached hydrogens (tertiary/aromatic N) is 1. The summed E-state index contributed by atoms with van der Waals surface area (Å²) in [4.78, 5) is 2.32. The summed E-state index contributed by atoms with van der Waals surface area (Å²) in [6, 6.07) is 54.6. The Morgan fingerprint density at radius 1 is 0.500 bits per heavy atom. The molecule has 1 N–H and O–H groups in total. The molecular formula is C43H30N2O. The maximum atomic E-state index is 6.07. The predicted octanol–water partition coefficient (Wildman–Crippen LogP) is 11.6. The van der Waals surface area contributed by atoms with Gasteiger partial charge in [-0.25, -0.2) is 0 Å². The van der Waals surface area contributed by atoms with Crippen LogP contribution < -0.4 is 10.2 Å². The number of hydrogen-bond donors (Lipinski definition) is 1. The Kier molecular flexibility index (Phi) is 6.20. The summed E-state index contributed by atoms with van der Waals surface area (Å²) in [5.74, 6) is 0.944. The average Bonchev–Trinajstić information content (AvgIpc) is 3.51. The van der Waals surface area contributed by atoms with Crippen LogP contribution in [0.1, 0.15) is 11.3 Å². The Hall–Kier alpha value is -6.06. The molecular weight excluding hydrogens is 560 g/mol. The fraction of sp³-hybridized carbons (Fsp3) is 0.0233. The van der Waals surface area contributed by atoms with E-state index in [4.69, 9.17) is 4.42 Å². The lowest BCUT2D eigenvalue weighted by Gasteiger charge is -2.26. The van der Waals surface area contributed by atoms with Gasteiger partial charge in [-0.3, -0.25) is 0 Å². The maximum Gasteiger partial charge on any atom is 0.135 e. The van der Waals surface area contributed by atoms with Gasteiger partial charge in [0, 0.05) is 40.8 Å². The molecule has 218 valence electrons. The van der Waals surface area contributed by atoms with Gasteiger partial charge in [0.25, 0.3) is 0 Å². The van der Waals surface area contributed by atoms with Crippen LogP contribution in [-0.2, 0) is 6.54 Å². The minimum atomic E-state index is 0.781. The first-order chi connectivity index (χ1) is 22.8. The van der Waals surface area contributed by atoms with E-state index in [0.717, 1.165) is 35.0 Å². The molecule has 7 aromatic carbocycles. The number of para-hydroxylation sites is 1. The van der Waals surface area contributed by atoms with Gasteiger partial charge in [-0.2, -0.15) is 0 Å². The quantitative estimate of drug-likeness (QED) is 0.202. The molecule has 0 amide bonds. The first kappa shape index (κ1) is 26.4. The zero-order chi connectivity index (χ0) is 30.5. The van der Waals surface area contributed by atoms with Gasteiger partial charge >= 0.3 is 0 Å². The number of furan rings is 1. The second kappa shape index (κ2) is 10.8. The molecule has 46 heavy (non-hydrogen) atoms. The molecule has 0 saturated heterocycles. The molecule has 1 aromatic heterocycles. The fourth-order valence-electron chi connectivity index (χ4n) is 6.87. The minimum absolute atomic E-state index is 0.781. The summed E-state index contributed by atoms with van der Waals surface area (Å²) in [5, 5.41) is 9.57. The van der Waals surface area contributed by atoms with Gasteiger partial charge in [0.05, 0.1) is 0 Å². The first-order valence-corrected chi connectivity index (χ1v) is 15.7. The van der Waals surface area contributed by atoms with Crippen LogP contribution in [0.15, 0.2) is 162 Å². The number of anilines is 3. The zero-order valence-electron chi connectivity index (χ0n) is 25.2. The van der Waals surface area contributed by atoms with Crippen molar-refractivity contribution in [1.82, 2.24) is 5.32 Å². The van der Waals surface area contributed by atoms with Gasteiger partial charge in [0.15, 0.2) is 0 Å². The van der Waals surface area contributed by atoms with Gasteiger partial charge in [0.2, 0.25) is 0 Å². The van der Waals surface area contributed by atoms with Crippen LogP contribution >= 0.6 is 0 Å². The van der Waals surface area contributed by atoms with Crippen molar-refractivity contribution in [2.45, 2.75) is 6.54 Å². The molecule has 3 nitrogen and oxygen atoms in total. The number of nitrogens with one attached hydrogen (secondary N) is 1. The summed E-state index contributed by atoms with van der Waals surface area (Å²) in [5.41, 5.74) is 10.3. The molecule has 0 spiro atoms. The van der Waals surface area contributed by atoms with Crippen LogP contribution in [0.2, 0.25) is 0 Å². The molecule has 0 fully saturated rings. The molecule has 0 unspecified atom stereocenters. The third-order valence-corrected chi connectivity index (χ3v) is 9.13. The highest BCUT2D eigenvalue weighted by atomic mass is 16.3. The monoisotopic (exact) mass is 590 g/mol.